The molecule has 0 radical (unpaired) electrons. The van der Waals surface area contributed by atoms with Crippen molar-refractivity contribution in [3.63, 3.8) is 0 Å². The molecular formula is C30H31FN4O8S. The number of likely N-dealkylation sites (tertiary alicyclic amines) is 1. The topological polar surface area (TPSA) is 166 Å². The second-order valence-electron chi connectivity index (χ2n) is 10.5. The molecule has 44 heavy (non-hydrogen) atoms. The maximum atomic E-state index is 14.7. The Kier molecular flexibility index (Phi) is 8.74. The molecule has 0 aliphatic carbocycles. The summed E-state index contributed by atoms with van der Waals surface area (Å²) in [6, 6.07) is 11.9. The molecule has 0 unspecified atom stereocenters. The molecule has 3 heterocycles. The molecule has 0 aromatic heterocycles. The van der Waals surface area contributed by atoms with E-state index in [1.165, 1.54) is 18.1 Å². The maximum absolute atomic E-state index is 14.7. The fourth-order valence-electron chi connectivity index (χ4n) is 5.07. The lowest BCUT2D eigenvalue weighted by Crippen LogP contribution is -2.58. The Balaban J connectivity index is 1.48. The standard InChI is InChI=1S/C30H31FN4O8S/c1-17-3-4-18-11-26(17)42-16-28(36)33-14-19-5-6-20(12-27(19)41-2)43-25-9-10-35(15-24(25)34-29(18)37)30(38)22-13-21(44(32,39)40)7-8-23(22)31/h3-8,11-13,24-25H,9-10,14-16H2,1-2H3,(H,33,36)(H,34,37)(H2,32,39,40)/t24-,25+/m0/s1. The van der Waals surface area contributed by atoms with Gasteiger partial charge in [-0.2, -0.15) is 0 Å². The summed E-state index contributed by atoms with van der Waals surface area (Å²) in [6.45, 7) is 1.73. The van der Waals surface area contributed by atoms with E-state index in [1.807, 2.05) is 0 Å². The minimum Gasteiger partial charge on any atom is -0.496 e. The second-order valence-corrected chi connectivity index (χ2v) is 12.0. The SMILES string of the molecule is COc1cc2ccc1CNC(=O)COc1cc(ccc1C)C(=O)N[C@H]1CN(C(=O)c3cc(S(N)(=O)=O)ccc3F)CC[C@H]1O2. The number of hydrogen-bond donors (Lipinski definition) is 3. The summed E-state index contributed by atoms with van der Waals surface area (Å²) in [7, 11) is -2.70. The van der Waals surface area contributed by atoms with Gasteiger partial charge in [0.25, 0.3) is 17.7 Å². The van der Waals surface area contributed by atoms with Crippen molar-refractivity contribution < 1.29 is 41.4 Å². The Labute approximate surface area is 253 Å². The van der Waals surface area contributed by atoms with Crippen LogP contribution in [0.15, 0.2) is 59.5 Å². The van der Waals surface area contributed by atoms with Gasteiger partial charge in [0.15, 0.2) is 6.61 Å². The number of aryl methyl sites for hydroxylation is 1. The number of methoxy groups -OCH3 is 1. The quantitative estimate of drug-likeness (QED) is 0.397. The van der Waals surface area contributed by atoms with Gasteiger partial charge in [-0.15, -0.1) is 0 Å². The van der Waals surface area contributed by atoms with Crippen molar-refractivity contribution >= 4 is 27.7 Å². The lowest BCUT2D eigenvalue weighted by molar-refractivity contribution is -0.123. The number of amides is 3. The Bertz CT molecular complexity index is 1730. The van der Waals surface area contributed by atoms with Crippen molar-refractivity contribution in [1.29, 1.82) is 0 Å². The zero-order valence-electron chi connectivity index (χ0n) is 24.0. The molecule has 3 aliphatic heterocycles. The Morgan fingerprint density at radius 1 is 1.11 bits per heavy atom. The fourth-order valence-corrected chi connectivity index (χ4v) is 5.61. The number of primary sulfonamides is 1. The summed E-state index contributed by atoms with van der Waals surface area (Å²) in [5.41, 5.74) is 1.19. The van der Waals surface area contributed by atoms with Crippen molar-refractivity contribution in [2.24, 2.45) is 5.14 Å². The van der Waals surface area contributed by atoms with Crippen LogP contribution in [0.2, 0.25) is 0 Å². The van der Waals surface area contributed by atoms with Crippen LogP contribution in [0.4, 0.5) is 4.39 Å². The molecule has 1 fully saturated rings. The summed E-state index contributed by atoms with van der Waals surface area (Å²) in [4.78, 5) is 40.3. The highest BCUT2D eigenvalue weighted by atomic mass is 32.2. The Morgan fingerprint density at radius 2 is 1.91 bits per heavy atom. The van der Waals surface area contributed by atoms with Crippen molar-refractivity contribution in [2.75, 3.05) is 26.8 Å². The summed E-state index contributed by atoms with van der Waals surface area (Å²) >= 11 is 0. The first-order chi connectivity index (χ1) is 20.9. The summed E-state index contributed by atoms with van der Waals surface area (Å²) < 4.78 is 55.9. The number of ether oxygens (including phenoxy) is 3. The number of halogens is 1. The molecule has 3 aromatic rings. The van der Waals surface area contributed by atoms with Crippen LogP contribution < -0.4 is 30.0 Å². The van der Waals surface area contributed by atoms with Crippen LogP contribution in [0, 0.1) is 12.7 Å². The van der Waals surface area contributed by atoms with Crippen LogP contribution in [0.25, 0.3) is 0 Å². The number of nitrogens with one attached hydrogen (secondary N) is 2. The second kappa shape index (κ2) is 12.5. The van der Waals surface area contributed by atoms with Gasteiger partial charge in [0.1, 0.15) is 29.2 Å². The van der Waals surface area contributed by atoms with Crippen molar-refractivity contribution in [1.82, 2.24) is 15.5 Å². The van der Waals surface area contributed by atoms with E-state index in [9.17, 15) is 27.2 Å². The van der Waals surface area contributed by atoms with E-state index >= 15 is 0 Å². The van der Waals surface area contributed by atoms with Crippen LogP contribution in [-0.2, 0) is 21.4 Å². The molecule has 3 aliphatic rings. The first-order valence-corrected chi connectivity index (χ1v) is 15.2. The number of carbonyl (C=O) groups excluding carboxylic acids is 3. The zero-order valence-corrected chi connectivity index (χ0v) is 24.8. The van der Waals surface area contributed by atoms with E-state index in [-0.39, 0.29) is 44.1 Å². The number of piperidine rings is 1. The van der Waals surface area contributed by atoms with E-state index in [2.05, 4.69) is 10.6 Å². The van der Waals surface area contributed by atoms with Crippen LogP contribution in [-0.4, -0.2) is 70.0 Å². The van der Waals surface area contributed by atoms with Gasteiger partial charge >= 0.3 is 0 Å². The zero-order chi connectivity index (χ0) is 31.6. The summed E-state index contributed by atoms with van der Waals surface area (Å²) in [6.07, 6.45) is -0.369. The number of hydrogen-bond acceptors (Lipinski definition) is 8. The monoisotopic (exact) mass is 626 g/mol. The first-order valence-electron chi connectivity index (χ1n) is 13.7. The van der Waals surface area contributed by atoms with Crippen LogP contribution >= 0.6 is 0 Å². The van der Waals surface area contributed by atoms with Gasteiger partial charge < -0.3 is 29.7 Å². The largest absolute Gasteiger partial charge is 0.496 e. The molecule has 3 aromatic carbocycles. The molecule has 232 valence electrons. The number of benzene rings is 3. The minimum absolute atomic E-state index is 0.0723. The minimum atomic E-state index is -4.19. The predicted octanol–water partition coefficient (Wildman–Crippen LogP) is 1.89. The van der Waals surface area contributed by atoms with Gasteiger partial charge in [-0.1, -0.05) is 6.07 Å². The van der Waals surface area contributed by atoms with Gasteiger partial charge in [-0.25, -0.2) is 17.9 Å². The van der Waals surface area contributed by atoms with Gasteiger partial charge in [-0.3, -0.25) is 14.4 Å². The molecule has 0 spiro atoms. The number of sulfonamides is 1. The van der Waals surface area contributed by atoms with E-state index in [0.717, 1.165) is 18.2 Å². The van der Waals surface area contributed by atoms with Crippen LogP contribution in [0.3, 0.4) is 0 Å². The number of fused-ring (bicyclic) bond motifs is 7. The van der Waals surface area contributed by atoms with Crippen molar-refractivity contribution in [2.45, 2.75) is 36.9 Å². The summed E-state index contributed by atoms with van der Waals surface area (Å²) in [5, 5.41) is 10.9. The van der Waals surface area contributed by atoms with Gasteiger partial charge in [0, 0.05) is 43.2 Å². The van der Waals surface area contributed by atoms with Crippen LogP contribution in [0.1, 0.15) is 38.3 Å². The molecule has 12 nitrogen and oxygen atoms in total. The van der Waals surface area contributed by atoms with Crippen molar-refractivity contribution in [3.05, 3.63) is 82.7 Å². The van der Waals surface area contributed by atoms with E-state index in [1.54, 1.807) is 37.3 Å². The van der Waals surface area contributed by atoms with Crippen LogP contribution in [0.5, 0.6) is 17.2 Å². The van der Waals surface area contributed by atoms with Gasteiger partial charge in [0.05, 0.1) is 23.6 Å². The maximum Gasteiger partial charge on any atom is 0.258 e. The highest BCUT2D eigenvalue weighted by molar-refractivity contribution is 7.89. The molecular weight excluding hydrogens is 595 g/mol. The molecule has 4 N–H and O–H groups in total. The lowest BCUT2D eigenvalue weighted by Gasteiger charge is -2.39. The van der Waals surface area contributed by atoms with E-state index < -0.39 is 50.3 Å². The molecule has 3 amide bonds. The molecule has 6 rings (SSSR count). The smallest absolute Gasteiger partial charge is 0.258 e. The van der Waals surface area contributed by atoms with Gasteiger partial charge in [-0.05, 0) is 55.0 Å². The Morgan fingerprint density at radius 3 is 2.66 bits per heavy atom. The number of nitrogens with zero attached hydrogens (tertiary/aromatic N) is 1. The van der Waals surface area contributed by atoms with Gasteiger partial charge in [0.2, 0.25) is 10.0 Å². The number of carbonyl (C=O) groups is 3. The summed E-state index contributed by atoms with van der Waals surface area (Å²) in [5.74, 6) is -1.30. The molecule has 1 saturated heterocycles. The third kappa shape index (κ3) is 6.76. The predicted molar refractivity (Wildman–Crippen MR) is 155 cm³/mol. The molecule has 14 heteroatoms. The average Bonchev–Trinajstić information content (AvgIpc) is 2.99. The Hall–Kier alpha value is -4.69. The number of rotatable bonds is 3. The normalized spacial score (nSPS) is 19.0. The molecule has 0 saturated carbocycles. The third-order valence-corrected chi connectivity index (χ3v) is 8.39. The molecule has 2 atom stereocenters. The first kappa shape index (κ1) is 30.8. The third-order valence-electron chi connectivity index (χ3n) is 7.48. The molecule has 4 bridgehead atoms. The van der Waals surface area contributed by atoms with Crippen molar-refractivity contribution in [3.8, 4) is 17.2 Å². The van der Waals surface area contributed by atoms with E-state index in [4.69, 9.17) is 19.3 Å². The lowest BCUT2D eigenvalue weighted by atomic mass is 9.99. The fraction of sp³-hybridized carbons (Fsp3) is 0.300. The van der Waals surface area contributed by atoms with E-state index in [0.29, 0.717) is 28.4 Å². The number of nitrogens with two attached hydrogens (primary N) is 1. The average molecular weight is 627 g/mol. The highest BCUT2D eigenvalue weighted by Crippen LogP contribution is 2.29. The highest BCUT2D eigenvalue weighted by Gasteiger charge is 2.36.